The zero-order valence-electron chi connectivity index (χ0n) is 13.6. The van der Waals surface area contributed by atoms with Crippen molar-refractivity contribution in [3.05, 3.63) is 92.7 Å². The van der Waals surface area contributed by atoms with E-state index in [1.165, 1.54) is 17.4 Å². The molecule has 26 heavy (non-hydrogen) atoms. The number of rotatable bonds is 4. The van der Waals surface area contributed by atoms with Crippen LogP contribution >= 0.6 is 22.9 Å². The van der Waals surface area contributed by atoms with Crippen LogP contribution in [0.2, 0.25) is 5.02 Å². The zero-order valence-corrected chi connectivity index (χ0v) is 15.2. The van der Waals surface area contributed by atoms with Crippen molar-refractivity contribution in [1.29, 1.82) is 0 Å². The van der Waals surface area contributed by atoms with Crippen LogP contribution in [0.1, 0.15) is 28.7 Å². The smallest absolute Gasteiger partial charge is 0.130 e. The van der Waals surface area contributed by atoms with Crippen LogP contribution in [0.25, 0.3) is 5.76 Å². The summed E-state index contributed by atoms with van der Waals surface area (Å²) in [4.78, 5) is 4.08. The highest BCUT2D eigenvalue weighted by atomic mass is 35.5. The van der Waals surface area contributed by atoms with Crippen LogP contribution in [0, 0.1) is 5.82 Å². The summed E-state index contributed by atoms with van der Waals surface area (Å²) in [6.07, 6.45) is 2.31. The summed E-state index contributed by atoms with van der Waals surface area (Å²) in [6.45, 7) is 0.260. The fourth-order valence-electron chi connectivity index (χ4n) is 3.22. The van der Waals surface area contributed by atoms with E-state index in [9.17, 15) is 9.50 Å². The van der Waals surface area contributed by atoms with Crippen molar-refractivity contribution in [2.24, 2.45) is 0 Å². The van der Waals surface area contributed by atoms with E-state index in [1.807, 2.05) is 16.8 Å². The van der Waals surface area contributed by atoms with Gasteiger partial charge in [-0.2, -0.15) is 11.3 Å². The molecule has 0 aliphatic carbocycles. The van der Waals surface area contributed by atoms with Crippen molar-refractivity contribution in [3.63, 3.8) is 0 Å². The Balaban J connectivity index is 1.84. The highest BCUT2D eigenvalue weighted by Gasteiger charge is 2.36. The van der Waals surface area contributed by atoms with Crippen LogP contribution in [0.15, 0.2) is 65.1 Å². The Hall–Kier alpha value is -2.21. The number of benzene rings is 1. The maximum Gasteiger partial charge on any atom is 0.130 e. The number of hydrogen-bond acceptors (Lipinski definition) is 4. The first kappa shape index (κ1) is 17.2. The molecule has 1 aliphatic heterocycles. The molecule has 0 fully saturated rings. The molecule has 0 saturated carbocycles. The highest BCUT2D eigenvalue weighted by molar-refractivity contribution is 7.08. The zero-order chi connectivity index (χ0) is 18.1. The number of aliphatic hydroxyl groups excluding tert-OH is 1. The molecule has 1 N–H and O–H groups in total. The van der Waals surface area contributed by atoms with Crippen molar-refractivity contribution in [2.45, 2.75) is 12.0 Å². The van der Waals surface area contributed by atoms with Crippen LogP contribution in [0.5, 0.6) is 0 Å². The van der Waals surface area contributed by atoms with Crippen molar-refractivity contribution in [2.75, 3.05) is 6.61 Å². The number of aliphatic hydroxyl groups is 1. The molecule has 1 aromatic carbocycles. The van der Waals surface area contributed by atoms with E-state index in [4.69, 9.17) is 16.3 Å². The molecule has 3 heterocycles. The van der Waals surface area contributed by atoms with Crippen molar-refractivity contribution in [1.82, 2.24) is 4.98 Å². The first-order valence-electron chi connectivity index (χ1n) is 8.07. The Morgan fingerprint density at radius 1 is 1.31 bits per heavy atom. The summed E-state index contributed by atoms with van der Waals surface area (Å²) in [7, 11) is 0. The summed E-state index contributed by atoms with van der Waals surface area (Å²) in [5.41, 5.74) is 2.61. The molecular formula is C20H15ClFNO2S. The lowest BCUT2D eigenvalue weighted by Gasteiger charge is -2.19. The van der Waals surface area contributed by atoms with Gasteiger partial charge in [-0.05, 0) is 35.2 Å². The summed E-state index contributed by atoms with van der Waals surface area (Å²) < 4.78 is 20.5. The standard InChI is InChI=1S/C20H15ClFNO2S/c21-14-3-4-15(17(22)8-14)16-10-25-20(13-5-7-26-11-13)18(16)19(24)12-2-1-6-23-9-12/h1-9,11,16,19,24H,10H2. The minimum absolute atomic E-state index is 0.260. The second kappa shape index (κ2) is 7.19. The lowest BCUT2D eigenvalue weighted by molar-refractivity contribution is 0.209. The molecule has 1 aliphatic rings. The number of aromatic nitrogens is 1. The topological polar surface area (TPSA) is 42.4 Å². The van der Waals surface area contributed by atoms with Crippen LogP contribution in [-0.4, -0.2) is 16.7 Å². The first-order chi connectivity index (χ1) is 12.6. The van der Waals surface area contributed by atoms with Crippen molar-refractivity contribution < 1.29 is 14.2 Å². The van der Waals surface area contributed by atoms with Crippen LogP contribution in [-0.2, 0) is 4.74 Å². The highest BCUT2D eigenvalue weighted by Crippen LogP contribution is 2.45. The molecule has 132 valence electrons. The molecule has 4 rings (SSSR count). The average Bonchev–Trinajstić information content (AvgIpc) is 3.31. The molecule has 0 spiro atoms. The molecule has 3 aromatic rings. The van der Waals surface area contributed by atoms with Gasteiger partial charge in [-0.25, -0.2) is 4.39 Å². The van der Waals surface area contributed by atoms with Gasteiger partial charge in [-0.3, -0.25) is 4.98 Å². The van der Waals surface area contributed by atoms with Gasteiger partial charge in [0.25, 0.3) is 0 Å². The van der Waals surface area contributed by atoms with Gasteiger partial charge in [0, 0.05) is 45.4 Å². The maximum absolute atomic E-state index is 14.6. The second-order valence-corrected chi connectivity index (χ2v) is 7.23. The predicted octanol–water partition coefficient (Wildman–Crippen LogP) is 5.19. The summed E-state index contributed by atoms with van der Waals surface area (Å²) in [5, 5.41) is 15.3. The van der Waals surface area contributed by atoms with Crippen LogP contribution in [0.3, 0.4) is 0 Å². The fraction of sp³-hybridized carbons (Fsp3) is 0.150. The molecule has 0 saturated heterocycles. The van der Waals surface area contributed by atoms with E-state index < -0.39 is 17.8 Å². The van der Waals surface area contributed by atoms with Crippen LogP contribution in [0.4, 0.5) is 4.39 Å². The van der Waals surface area contributed by atoms with Gasteiger partial charge < -0.3 is 9.84 Å². The monoisotopic (exact) mass is 387 g/mol. The first-order valence-corrected chi connectivity index (χ1v) is 9.39. The molecule has 0 radical (unpaired) electrons. The Kier molecular flexibility index (Phi) is 4.76. The number of halogens is 2. The molecule has 6 heteroatoms. The number of thiophene rings is 1. The van der Waals surface area contributed by atoms with Crippen LogP contribution < -0.4 is 0 Å². The summed E-state index contributed by atoms with van der Waals surface area (Å²) in [6, 6.07) is 10.1. The van der Waals surface area contributed by atoms with Gasteiger partial charge in [-0.15, -0.1) is 0 Å². The lowest BCUT2D eigenvalue weighted by Crippen LogP contribution is -2.12. The molecule has 3 nitrogen and oxygen atoms in total. The third kappa shape index (κ3) is 3.14. The molecule has 2 atom stereocenters. The van der Waals surface area contributed by atoms with E-state index in [-0.39, 0.29) is 6.61 Å². The molecule has 2 aromatic heterocycles. The Morgan fingerprint density at radius 3 is 2.88 bits per heavy atom. The summed E-state index contributed by atoms with van der Waals surface area (Å²) in [5.74, 6) is -0.215. The number of ether oxygens (including phenoxy) is 1. The van der Waals surface area contributed by atoms with Crippen molar-refractivity contribution >= 4 is 28.7 Å². The molecule has 0 bridgehead atoms. The lowest BCUT2D eigenvalue weighted by atomic mass is 9.86. The van der Waals surface area contributed by atoms with E-state index in [2.05, 4.69) is 4.98 Å². The predicted molar refractivity (Wildman–Crippen MR) is 101 cm³/mol. The maximum atomic E-state index is 14.6. The minimum atomic E-state index is -0.943. The summed E-state index contributed by atoms with van der Waals surface area (Å²) >= 11 is 7.43. The van der Waals surface area contributed by atoms with E-state index in [1.54, 1.807) is 36.7 Å². The fourth-order valence-corrected chi connectivity index (χ4v) is 4.01. The largest absolute Gasteiger partial charge is 0.492 e. The third-order valence-electron chi connectivity index (χ3n) is 4.45. The quantitative estimate of drug-likeness (QED) is 0.669. The van der Waals surface area contributed by atoms with E-state index >= 15 is 0 Å². The van der Waals surface area contributed by atoms with Gasteiger partial charge in [0.1, 0.15) is 17.7 Å². The third-order valence-corrected chi connectivity index (χ3v) is 5.37. The molecular weight excluding hydrogens is 373 g/mol. The van der Waals surface area contributed by atoms with Gasteiger partial charge in [0.2, 0.25) is 0 Å². The Bertz CT molecular complexity index is 944. The molecule has 2 unspecified atom stereocenters. The average molecular weight is 388 g/mol. The van der Waals surface area contributed by atoms with Gasteiger partial charge in [0.05, 0.1) is 6.61 Å². The normalized spacial score (nSPS) is 18.0. The molecule has 0 amide bonds. The van der Waals surface area contributed by atoms with E-state index in [0.29, 0.717) is 27.5 Å². The van der Waals surface area contributed by atoms with Crippen molar-refractivity contribution in [3.8, 4) is 0 Å². The van der Waals surface area contributed by atoms with E-state index in [0.717, 1.165) is 5.56 Å². The second-order valence-electron chi connectivity index (χ2n) is 6.01. The van der Waals surface area contributed by atoms with Gasteiger partial charge >= 0.3 is 0 Å². The Labute approximate surface area is 159 Å². The Morgan fingerprint density at radius 2 is 2.19 bits per heavy atom. The number of nitrogens with zero attached hydrogens (tertiary/aromatic N) is 1. The van der Waals surface area contributed by atoms with Gasteiger partial charge in [-0.1, -0.05) is 23.7 Å². The number of hydrogen-bond donors (Lipinski definition) is 1. The minimum Gasteiger partial charge on any atom is -0.492 e. The number of pyridine rings is 1. The SMILES string of the molecule is OC(C1=C(c2ccsc2)OCC1c1ccc(Cl)cc1F)c1cccnc1. The van der Waals surface area contributed by atoms with Gasteiger partial charge in [0.15, 0.2) is 0 Å².